The number of nitrogens with two attached hydrogens (primary N) is 1. The van der Waals surface area contributed by atoms with Gasteiger partial charge in [-0.1, -0.05) is 118 Å². The summed E-state index contributed by atoms with van der Waals surface area (Å²) in [5.74, 6) is -5.80. The Morgan fingerprint density at radius 2 is 1.40 bits per heavy atom. The molecule has 5 rings (SSSR count). The Morgan fingerprint density at radius 1 is 0.732 bits per heavy atom. The highest BCUT2D eigenvalue weighted by Crippen LogP contribution is 2.31. The lowest BCUT2D eigenvalue weighted by Gasteiger charge is -2.41. The van der Waals surface area contributed by atoms with Crippen molar-refractivity contribution < 1.29 is 67.0 Å². The number of nitrogens with one attached hydrogen (secondary N) is 6. The molecule has 1 saturated heterocycles. The number of ether oxygens (including phenoxy) is 3. The molecule has 0 radical (unpaired) electrons. The van der Waals surface area contributed by atoms with Crippen LogP contribution < -0.4 is 37.6 Å². The molecule has 0 spiro atoms. The Bertz CT molecular complexity index is 3120. The lowest BCUT2D eigenvalue weighted by atomic mass is 9.89. The molecule has 12 amide bonds. The van der Waals surface area contributed by atoms with Crippen LogP contribution in [0.5, 0.6) is 0 Å². The maximum absolute atomic E-state index is 14.9. The highest BCUT2D eigenvalue weighted by atomic mass is 32.1. The molecule has 3 heterocycles. The minimum atomic E-state index is -1.11. The van der Waals surface area contributed by atoms with E-state index in [0.29, 0.717) is 62.7 Å². The minimum absolute atomic E-state index is 0.0756. The van der Waals surface area contributed by atoms with Gasteiger partial charge in [-0.15, -0.1) is 11.3 Å². The number of methoxy groups -OCH3 is 2. The summed E-state index contributed by atoms with van der Waals surface area (Å²) in [5.41, 5.74) is 7.17. The summed E-state index contributed by atoms with van der Waals surface area (Å²) >= 11 is 1.47. The first kappa shape index (κ1) is 79.4. The van der Waals surface area contributed by atoms with Crippen molar-refractivity contribution in [1.82, 2.24) is 51.2 Å². The Kier molecular flexibility index (Phi) is 32.1. The number of hydrogen-bond acceptors (Lipinski definition) is 16. The normalized spacial score (nSPS) is 16.9. The Hall–Kier alpha value is -8.30. The molecule has 26 nitrogen and oxygen atoms in total. The second-order valence-corrected chi connectivity index (χ2v) is 27.2. The number of thiazole rings is 1. The second kappa shape index (κ2) is 39.2. The van der Waals surface area contributed by atoms with Gasteiger partial charge in [0.05, 0.1) is 42.7 Å². The molecule has 3 unspecified atom stereocenters. The van der Waals surface area contributed by atoms with Crippen molar-refractivity contribution in [3.63, 3.8) is 0 Å². The van der Waals surface area contributed by atoms with Crippen LogP contribution in [-0.2, 0) is 70.4 Å². The van der Waals surface area contributed by atoms with E-state index in [2.05, 4.69) is 36.9 Å². The number of hydrogen-bond donors (Lipinski definition) is 7. The van der Waals surface area contributed by atoms with Crippen LogP contribution in [0.25, 0.3) is 0 Å². The minimum Gasteiger partial charge on any atom is -0.445 e. The zero-order chi connectivity index (χ0) is 71.6. The number of carbonyl (C=O) groups is 11. The molecule has 0 bridgehead atoms. The number of aromatic nitrogens is 1. The number of primary amides is 1. The van der Waals surface area contributed by atoms with E-state index in [-0.39, 0.29) is 92.8 Å². The van der Waals surface area contributed by atoms with Gasteiger partial charge >= 0.3 is 12.1 Å². The fraction of sp³-hybridized carbons (Fsp3) is 0.600. The van der Waals surface area contributed by atoms with Crippen molar-refractivity contribution in [3.8, 4) is 0 Å². The first-order valence-corrected chi connectivity index (χ1v) is 34.6. The van der Waals surface area contributed by atoms with Gasteiger partial charge in [-0.3, -0.25) is 53.0 Å². The largest absolute Gasteiger partial charge is 0.445 e. The number of nitrogens with zero attached hydrogens (tertiary/aromatic N) is 5. The number of carbonyl (C=O) groups excluding carboxylic acids is 11. The lowest BCUT2D eigenvalue weighted by Crippen LogP contribution is -2.60. The maximum atomic E-state index is 14.9. The van der Waals surface area contributed by atoms with E-state index in [1.54, 1.807) is 82.1 Å². The van der Waals surface area contributed by atoms with Gasteiger partial charge in [0, 0.05) is 83.8 Å². The molecule has 8 N–H and O–H groups in total. The molecule has 0 saturated carbocycles. The van der Waals surface area contributed by atoms with Gasteiger partial charge in [-0.2, -0.15) is 0 Å². The number of likely N-dealkylation sites (N-methyl/N-ethyl adjacent to an activating group) is 2. The summed E-state index contributed by atoms with van der Waals surface area (Å²) in [7, 11) is 6.16. The van der Waals surface area contributed by atoms with Crippen LogP contribution in [0.1, 0.15) is 149 Å². The van der Waals surface area contributed by atoms with E-state index < -0.39 is 102 Å². The summed E-state index contributed by atoms with van der Waals surface area (Å²) in [5, 5.41) is 19.6. The molecule has 11 atom stereocenters. The second-order valence-electron chi connectivity index (χ2n) is 26.2. The van der Waals surface area contributed by atoms with Gasteiger partial charge in [0.15, 0.2) is 0 Å². The Labute approximate surface area is 575 Å². The topological polar surface area (TPSA) is 340 Å². The standard InChI is InChI=1S/C70H104N12O14S/c1-14-45(8)61(53(94-12)40-57(86)81-37-22-26-52(81)62(95-13)46(9)63(87)76-51(67-72-35-38-97-67)39-47-23-17-15-18-24-47)79(10)68(91)59(43(4)5)78-66(90)60(44(6)7)80(11)70(93)96-41-48-28-30-49(31-29-48)74-64(88)50(25-21-34-73-69(71)92)75-65(89)58(42(2)3)77-54(83)27-19-16-20-36-82-55(84)32-33-56(82)85/h15,17-18,23-24,28-33,35,38,42-46,50-53,58-62H,14,16,19-22,25-27,34,36-37,39-41H2,1-13H3,(H,74,88)(H,75,89)(H,76,87)(H,77,83)(H,78,90)(H3,71,73,92)/t45-,46+,50-,51?,52?,53+,58-,59-,60?,61-,62+/m0/s1. The predicted molar refractivity (Wildman–Crippen MR) is 368 cm³/mol. The maximum Gasteiger partial charge on any atom is 0.410 e. The fourth-order valence-electron chi connectivity index (χ4n) is 12.4. The van der Waals surface area contributed by atoms with Gasteiger partial charge in [-0.05, 0) is 91.9 Å². The lowest BCUT2D eigenvalue weighted by molar-refractivity contribution is -0.148. The van der Waals surface area contributed by atoms with Crippen molar-refractivity contribution >= 4 is 82.3 Å². The molecule has 2 aliphatic rings. The number of unbranched alkanes of at least 4 members (excludes halogenated alkanes) is 2. The number of imide groups is 1. The van der Waals surface area contributed by atoms with Gasteiger partial charge in [-0.25, -0.2) is 14.6 Å². The van der Waals surface area contributed by atoms with Crippen LogP contribution in [0.2, 0.25) is 0 Å². The van der Waals surface area contributed by atoms with Crippen molar-refractivity contribution in [2.45, 2.75) is 194 Å². The van der Waals surface area contributed by atoms with E-state index in [1.807, 2.05) is 70.3 Å². The summed E-state index contributed by atoms with van der Waals surface area (Å²) in [6, 6.07) is 9.87. The molecule has 97 heavy (non-hydrogen) atoms. The van der Waals surface area contributed by atoms with Crippen molar-refractivity contribution in [1.29, 1.82) is 0 Å². The van der Waals surface area contributed by atoms with Crippen molar-refractivity contribution in [2.24, 2.45) is 35.3 Å². The van der Waals surface area contributed by atoms with E-state index in [4.69, 9.17) is 19.9 Å². The molecule has 3 aromatic rings. The quantitative estimate of drug-likeness (QED) is 0.0240. The SMILES string of the molecule is CC[C@H](C)[C@@H]([C@@H](CC(=O)N1CCCC1[C@H](OC)[C@@H](C)C(=O)NC(Cc1ccccc1)c1nccs1)OC)N(C)C(=O)[C@@H](NC(=O)C(C(C)C)N(C)C(=O)OCc1ccc(NC(=O)[C@H](CCCNC(N)=O)NC(=O)[C@@H](NC(=O)CCCCCN2C(=O)C=CC2=O)C(C)C)cc1)C(C)C. The Morgan fingerprint density at radius 3 is 1.99 bits per heavy atom. The monoisotopic (exact) mass is 1370 g/mol. The van der Waals surface area contributed by atoms with Crippen molar-refractivity contribution in [3.05, 3.63) is 94.5 Å². The smallest absolute Gasteiger partial charge is 0.410 e. The molecule has 1 aromatic heterocycles. The first-order valence-electron chi connectivity index (χ1n) is 33.7. The van der Waals surface area contributed by atoms with Crippen molar-refractivity contribution in [2.75, 3.05) is 53.3 Å². The predicted octanol–water partition coefficient (Wildman–Crippen LogP) is 6.40. The highest BCUT2D eigenvalue weighted by Gasteiger charge is 2.44. The van der Waals surface area contributed by atoms with Crippen LogP contribution >= 0.6 is 11.3 Å². The Balaban J connectivity index is 1.18. The third-order valence-corrected chi connectivity index (χ3v) is 19.0. The van der Waals surface area contributed by atoms with E-state index in [1.165, 1.54) is 42.5 Å². The van der Waals surface area contributed by atoms with Crippen LogP contribution in [-0.4, -0.2) is 186 Å². The van der Waals surface area contributed by atoms with E-state index in [0.717, 1.165) is 15.5 Å². The van der Waals surface area contributed by atoms with Gasteiger partial charge in [0.25, 0.3) is 11.8 Å². The third-order valence-electron chi connectivity index (χ3n) is 18.1. The molecule has 2 aromatic carbocycles. The molecule has 0 aliphatic carbocycles. The van der Waals surface area contributed by atoms with Gasteiger partial charge in [0.1, 0.15) is 35.8 Å². The third kappa shape index (κ3) is 23.5. The number of rotatable bonds is 39. The molecule has 1 fully saturated rings. The molecule has 2 aliphatic heterocycles. The number of likely N-dealkylation sites (tertiary alicyclic amines) is 1. The molecule has 27 heteroatoms. The van der Waals surface area contributed by atoms with Crippen LogP contribution in [0.3, 0.4) is 0 Å². The average Bonchev–Trinajstić information content (AvgIpc) is 1.80. The summed E-state index contributed by atoms with van der Waals surface area (Å²) in [6.45, 7) is 17.0. The van der Waals surface area contributed by atoms with Crippen LogP contribution in [0, 0.1) is 29.6 Å². The highest BCUT2D eigenvalue weighted by molar-refractivity contribution is 7.09. The zero-order valence-corrected chi connectivity index (χ0v) is 59.4. The summed E-state index contributed by atoms with van der Waals surface area (Å²) in [4.78, 5) is 158. The zero-order valence-electron chi connectivity index (χ0n) is 58.6. The fourth-order valence-corrected chi connectivity index (χ4v) is 13.1. The number of amides is 12. The van der Waals surface area contributed by atoms with E-state index in [9.17, 15) is 52.7 Å². The number of benzene rings is 2. The van der Waals surface area contributed by atoms with Gasteiger partial charge < -0.3 is 61.6 Å². The molecular formula is C70H104N12O14S. The summed E-state index contributed by atoms with van der Waals surface area (Å²) < 4.78 is 17.9. The summed E-state index contributed by atoms with van der Waals surface area (Å²) in [6.07, 6.45) is 6.28. The number of urea groups is 1. The first-order chi connectivity index (χ1) is 46.1. The van der Waals surface area contributed by atoms with Gasteiger partial charge in [0.2, 0.25) is 41.4 Å². The average molecular weight is 1370 g/mol. The molecule has 534 valence electrons. The van der Waals surface area contributed by atoms with E-state index >= 15 is 0 Å². The number of anilines is 1. The molecular weight excluding hydrogens is 1260 g/mol. The van der Waals surface area contributed by atoms with Crippen LogP contribution in [0.4, 0.5) is 15.3 Å². The van der Waals surface area contributed by atoms with Crippen LogP contribution in [0.15, 0.2) is 78.3 Å².